The molecule has 1 aromatic heterocycles. The first kappa shape index (κ1) is 16.6. The lowest BCUT2D eigenvalue weighted by Gasteiger charge is -2.05. The summed E-state index contributed by atoms with van der Waals surface area (Å²) >= 11 is 11.8. The molecule has 2 aromatic carbocycles. The molecule has 3 nitrogen and oxygen atoms in total. The average Bonchev–Trinajstić information content (AvgIpc) is 3.04. The molecular weight excluding hydrogens is 352 g/mol. The number of carbonyl (C=O) groups excluding carboxylic acids is 1. The van der Waals surface area contributed by atoms with E-state index >= 15 is 0 Å². The topological polar surface area (TPSA) is 42.2 Å². The number of aryl methyl sites for hydroxylation is 1. The fourth-order valence-electron chi connectivity index (χ4n) is 2.13. The number of halogens is 3. The second kappa shape index (κ2) is 6.67. The van der Waals surface area contributed by atoms with Gasteiger partial charge in [0.25, 0.3) is 5.91 Å². The Hall–Kier alpha value is -2.30. The zero-order chi connectivity index (χ0) is 17.3. The molecule has 0 aliphatic rings. The Morgan fingerprint density at radius 2 is 1.83 bits per heavy atom. The van der Waals surface area contributed by atoms with Gasteiger partial charge in [-0.1, -0.05) is 29.3 Å². The molecule has 0 aliphatic carbocycles. The van der Waals surface area contributed by atoms with E-state index in [9.17, 15) is 9.18 Å². The van der Waals surface area contributed by atoms with Gasteiger partial charge >= 0.3 is 0 Å². The summed E-state index contributed by atoms with van der Waals surface area (Å²) in [6.07, 6.45) is 0. The van der Waals surface area contributed by atoms with Crippen molar-refractivity contribution in [3.8, 4) is 11.3 Å². The van der Waals surface area contributed by atoms with Gasteiger partial charge < -0.3 is 9.73 Å². The minimum atomic E-state index is -0.513. The van der Waals surface area contributed by atoms with Crippen LogP contribution >= 0.6 is 23.2 Å². The first-order valence-corrected chi connectivity index (χ1v) is 7.82. The van der Waals surface area contributed by atoms with E-state index in [4.69, 9.17) is 27.6 Å². The van der Waals surface area contributed by atoms with Crippen molar-refractivity contribution in [2.24, 2.45) is 0 Å². The third-order valence-electron chi connectivity index (χ3n) is 3.46. The average molecular weight is 364 g/mol. The maximum Gasteiger partial charge on any atom is 0.291 e. The maximum absolute atomic E-state index is 13.2. The van der Waals surface area contributed by atoms with Crippen LogP contribution in [-0.4, -0.2) is 5.91 Å². The van der Waals surface area contributed by atoms with Crippen molar-refractivity contribution in [2.45, 2.75) is 6.92 Å². The summed E-state index contributed by atoms with van der Waals surface area (Å²) in [5, 5.41) is 3.26. The van der Waals surface area contributed by atoms with Crippen LogP contribution in [0.1, 0.15) is 16.1 Å². The van der Waals surface area contributed by atoms with Crippen LogP contribution in [0.4, 0.5) is 10.1 Å². The van der Waals surface area contributed by atoms with Crippen molar-refractivity contribution in [3.63, 3.8) is 0 Å². The smallest absolute Gasteiger partial charge is 0.291 e. The van der Waals surface area contributed by atoms with Crippen molar-refractivity contribution < 1.29 is 13.6 Å². The Bertz CT molecular complexity index is 921. The predicted molar refractivity (Wildman–Crippen MR) is 93.3 cm³/mol. The molecule has 122 valence electrons. The van der Waals surface area contributed by atoms with Crippen LogP contribution in [0.15, 0.2) is 52.9 Å². The van der Waals surface area contributed by atoms with Gasteiger partial charge in [0.1, 0.15) is 11.6 Å². The fraction of sp³-hybridized carbons (Fsp3) is 0.0556. The minimum Gasteiger partial charge on any atom is -0.451 e. The van der Waals surface area contributed by atoms with E-state index in [-0.39, 0.29) is 10.8 Å². The summed E-state index contributed by atoms with van der Waals surface area (Å²) in [5.41, 5.74) is 2.07. The summed E-state index contributed by atoms with van der Waals surface area (Å²) in [5.74, 6) is -0.373. The number of carbonyl (C=O) groups is 1. The van der Waals surface area contributed by atoms with E-state index in [2.05, 4.69) is 5.32 Å². The number of rotatable bonds is 3. The van der Waals surface area contributed by atoms with Crippen LogP contribution in [0, 0.1) is 12.7 Å². The Morgan fingerprint density at radius 3 is 2.54 bits per heavy atom. The Balaban J connectivity index is 1.80. The van der Waals surface area contributed by atoms with Crippen LogP contribution in [0.3, 0.4) is 0 Å². The van der Waals surface area contributed by atoms with Gasteiger partial charge in [0, 0.05) is 16.3 Å². The second-order valence-electron chi connectivity index (χ2n) is 5.21. The van der Waals surface area contributed by atoms with Gasteiger partial charge in [-0.05, 0) is 55.0 Å². The summed E-state index contributed by atoms with van der Waals surface area (Å²) in [6, 6.07) is 12.6. The molecule has 6 heteroatoms. The summed E-state index contributed by atoms with van der Waals surface area (Å²) in [4.78, 5) is 12.2. The van der Waals surface area contributed by atoms with E-state index in [0.29, 0.717) is 22.0 Å². The predicted octanol–water partition coefficient (Wildman–Crippen LogP) is 5.95. The fourth-order valence-corrected chi connectivity index (χ4v) is 2.49. The maximum atomic E-state index is 13.2. The van der Waals surface area contributed by atoms with E-state index in [1.165, 1.54) is 24.3 Å². The van der Waals surface area contributed by atoms with Crippen LogP contribution in [0.25, 0.3) is 11.3 Å². The number of furan rings is 1. The van der Waals surface area contributed by atoms with E-state index < -0.39 is 11.7 Å². The summed E-state index contributed by atoms with van der Waals surface area (Å²) in [7, 11) is 0. The highest BCUT2D eigenvalue weighted by Gasteiger charge is 2.14. The molecule has 0 bridgehead atoms. The molecule has 0 fully saturated rings. The molecule has 1 N–H and O–H groups in total. The molecule has 24 heavy (non-hydrogen) atoms. The van der Waals surface area contributed by atoms with E-state index in [0.717, 1.165) is 5.56 Å². The number of hydrogen-bond acceptors (Lipinski definition) is 2. The third kappa shape index (κ3) is 3.45. The Kier molecular flexibility index (Phi) is 4.60. The van der Waals surface area contributed by atoms with Crippen molar-refractivity contribution >= 4 is 34.8 Å². The highest BCUT2D eigenvalue weighted by Crippen LogP contribution is 2.27. The molecule has 0 saturated carbocycles. The largest absolute Gasteiger partial charge is 0.451 e. The van der Waals surface area contributed by atoms with Crippen LogP contribution in [0.5, 0.6) is 0 Å². The zero-order valence-electron chi connectivity index (χ0n) is 12.6. The standard InChI is InChI=1S/C18H12Cl2FNO2/c1-10-2-4-12(9-13(10)19)22-18(23)17-7-6-16(24-17)11-3-5-15(21)14(20)8-11/h2-9H,1H3,(H,22,23). The highest BCUT2D eigenvalue weighted by atomic mass is 35.5. The lowest BCUT2D eigenvalue weighted by Crippen LogP contribution is -2.10. The number of nitrogens with one attached hydrogen (secondary N) is 1. The monoisotopic (exact) mass is 363 g/mol. The summed E-state index contributed by atoms with van der Waals surface area (Å²) < 4.78 is 18.7. The van der Waals surface area contributed by atoms with Gasteiger partial charge in [0.15, 0.2) is 5.76 Å². The third-order valence-corrected chi connectivity index (χ3v) is 4.16. The Morgan fingerprint density at radius 1 is 1.04 bits per heavy atom. The first-order chi connectivity index (χ1) is 11.4. The molecule has 1 amide bonds. The SMILES string of the molecule is Cc1ccc(NC(=O)c2ccc(-c3ccc(F)c(Cl)c3)o2)cc1Cl. The molecule has 0 saturated heterocycles. The zero-order valence-corrected chi connectivity index (χ0v) is 14.1. The number of amides is 1. The van der Waals surface area contributed by atoms with Crippen molar-refractivity contribution in [1.29, 1.82) is 0 Å². The molecule has 0 spiro atoms. The minimum absolute atomic E-state index is 0.0100. The van der Waals surface area contributed by atoms with Gasteiger partial charge in [-0.3, -0.25) is 4.79 Å². The first-order valence-electron chi connectivity index (χ1n) is 7.07. The molecule has 0 atom stereocenters. The molecule has 3 aromatic rings. The molecule has 0 unspecified atom stereocenters. The number of benzene rings is 2. The number of anilines is 1. The highest BCUT2D eigenvalue weighted by molar-refractivity contribution is 6.31. The summed E-state index contributed by atoms with van der Waals surface area (Å²) in [6.45, 7) is 1.88. The van der Waals surface area contributed by atoms with Gasteiger partial charge in [-0.15, -0.1) is 0 Å². The van der Waals surface area contributed by atoms with Crippen LogP contribution < -0.4 is 5.32 Å². The van der Waals surface area contributed by atoms with Crippen molar-refractivity contribution in [1.82, 2.24) is 0 Å². The normalized spacial score (nSPS) is 10.7. The van der Waals surface area contributed by atoms with Gasteiger partial charge in [0.2, 0.25) is 0 Å². The molecule has 3 rings (SSSR count). The van der Waals surface area contributed by atoms with Crippen LogP contribution in [0.2, 0.25) is 10.0 Å². The Labute approximate surface area is 148 Å². The lowest BCUT2D eigenvalue weighted by atomic mass is 10.2. The lowest BCUT2D eigenvalue weighted by molar-refractivity contribution is 0.0997. The molecule has 0 aliphatic heterocycles. The van der Waals surface area contributed by atoms with Gasteiger partial charge in [-0.25, -0.2) is 4.39 Å². The molecule has 1 heterocycles. The van der Waals surface area contributed by atoms with E-state index in [1.54, 1.807) is 18.2 Å². The van der Waals surface area contributed by atoms with E-state index in [1.807, 2.05) is 13.0 Å². The molecule has 0 radical (unpaired) electrons. The molecular formula is C18H12Cl2FNO2. The van der Waals surface area contributed by atoms with Gasteiger partial charge in [0.05, 0.1) is 5.02 Å². The van der Waals surface area contributed by atoms with Crippen molar-refractivity contribution in [3.05, 3.63) is 75.7 Å². The number of hydrogen-bond donors (Lipinski definition) is 1. The quantitative estimate of drug-likeness (QED) is 0.624. The second-order valence-corrected chi connectivity index (χ2v) is 6.03. The van der Waals surface area contributed by atoms with Crippen LogP contribution in [-0.2, 0) is 0 Å². The van der Waals surface area contributed by atoms with Crippen molar-refractivity contribution in [2.75, 3.05) is 5.32 Å². The van der Waals surface area contributed by atoms with Gasteiger partial charge in [-0.2, -0.15) is 0 Å².